The normalized spacial score (nSPS) is 33.7. The maximum Gasteiger partial charge on any atom is 0.416 e. The first-order chi connectivity index (χ1) is 14.2. The number of nitrogens with two attached hydrogens (primary N) is 1. The molecule has 0 aromatic heterocycles. The number of nitrogens with zero attached hydrogens (tertiary/aromatic N) is 1. The van der Waals surface area contributed by atoms with Gasteiger partial charge in [0.1, 0.15) is 0 Å². The number of amides is 2. The van der Waals surface area contributed by atoms with Crippen LogP contribution in [0.4, 0.5) is 13.2 Å². The standard InChI is InChI=1S/C21H27F3N4O2/c22-21(23,24)13-4-3-5-14(9-8-13)27-17(29)10-26-19(30)18-16-11-28(12-20(16,18)25)15-6-1-2-7-15/h3-5,8-9,14-16,18H,1-2,6-7,10-12,25H2,(H,26,30)(H,27,29)/t14?,16-,18+,20+/m1/s1. The summed E-state index contributed by atoms with van der Waals surface area (Å²) in [5, 5.41) is 5.21. The molecule has 0 bridgehead atoms. The van der Waals surface area contributed by atoms with E-state index in [1.807, 2.05) is 0 Å². The molecule has 3 fully saturated rings. The number of hydrogen-bond donors (Lipinski definition) is 3. The summed E-state index contributed by atoms with van der Waals surface area (Å²) < 4.78 is 38.2. The number of halogens is 3. The summed E-state index contributed by atoms with van der Waals surface area (Å²) >= 11 is 0. The van der Waals surface area contributed by atoms with Crippen molar-refractivity contribution in [2.45, 2.75) is 49.5 Å². The van der Waals surface area contributed by atoms with E-state index in [2.05, 4.69) is 15.5 Å². The van der Waals surface area contributed by atoms with Crippen molar-refractivity contribution in [3.05, 3.63) is 36.0 Å². The minimum absolute atomic E-state index is 0.126. The average Bonchev–Trinajstić information content (AvgIpc) is 2.98. The van der Waals surface area contributed by atoms with E-state index in [9.17, 15) is 22.8 Å². The molecule has 1 heterocycles. The van der Waals surface area contributed by atoms with Gasteiger partial charge in [0.05, 0.1) is 24.1 Å². The Hall–Kier alpha value is -2.13. The molecule has 1 unspecified atom stereocenters. The smallest absolute Gasteiger partial charge is 0.347 e. The van der Waals surface area contributed by atoms with E-state index >= 15 is 0 Å². The molecule has 1 saturated heterocycles. The van der Waals surface area contributed by atoms with Gasteiger partial charge in [-0.2, -0.15) is 13.2 Å². The number of piperidine rings is 1. The average molecular weight is 424 g/mol. The second kappa shape index (κ2) is 7.85. The Morgan fingerprint density at radius 3 is 2.60 bits per heavy atom. The zero-order valence-electron chi connectivity index (χ0n) is 16.6. The number of fused-ring (bicyclic) bond motifs is 1. The molecular formula is C21H27F3N4O2. The van der Waals surface area contributed by atoms with E-state index in [1.165, 1.54) is 43.9 Å². The number of likely N-dealkylation sites (tertiary alicyclic amines) is 1. The van der Waals surface area contributed by atoms with Crippen molar-refractivity contribution in [3.63, 3.8) is 0 Å². The molecule has 2 saturated carbocycles. The van der Waals surface area contributed by atoms with Crippen LogP contribution < -0.4 is 16.4 Å². The number of carbonyl (C=O) groups excluding carboxylic acids is 2. The quantitative estimate of drug-likeness (QED) is 0.623. The molecule has 0 aromatic carbocycles. The summed E-state index contributed by atoms with van der Waals surface area (Å²) in [6.45, 7) is 1.32. The van der Waals surface area contributed by atoms with E-state index in [1.54, 1.807) is 0 Å². The van der Waals surface area contributed by atoms with Crippen LogP contribution in [-0.2, 0) is 9.59 Å². The van der Waals surface area contributed by atoms with E-state index in [0.29, 0.717) is 6.04 Å². The molecule has 164 valence electrons. The first kappa shape index (κ1) is 21.1. The van der Waals surface area contributed by atoms with Crippen LogP contribution in [0.15, 0.2) is 36.0 Å². The summed E-state index contributed by atoms with van der Waals surface area (Å²) in [7, 11) is 0. The van der Waals surface area contributed by atoms with Gasteiger partial charge in [-0.1, -0.05) is 43.2 Å². The Morgan fingerprint density at radius 1 is 1.23 bits per heavy atom. The lowest BCUT2D eigenvalue weighted by atomic mass is 10.1. The van der Waals surface area contributed by atoms with Crippen molar-refractivity contribution in [2.75, 3.05) is 19.6 Å². The molecule has 3 aliphatic carbocycles. The van der Waals surface area contributed by atoms with Crippen LogP contribution in [0.1, 0.15) is 25.7 Å². The van der Waals surface area contributed by atoms with E-state index in [4.69, 9.17) is 5.73 Å². The first-order valence-electron chi connectivity index (χ1n) is 10.4. The summed E-state index contributed by atoms with van der Waals surface area (Å²) in [6, 6.07) is -0.0904. The molecular weight excluding hydrogens is 397 g/mol. The minimum Gasteiger partial charge on any atom is -0.347 e. The topological polar surface area (TPSA) is 87.5 Å². The Labute approximate surface area is 173 Å². The molecule has 4 rings (SSSR count). The molecule has 4 atom stereocenters. The number of allylic oxidation sites excluding steroid dienone is 4. The Bertz CT molecular complexity index is 801. The van der Waals surface area contributed by atoms with E-state index < -0.39 is 29.2 Å². The third-order valence-electron chi connectivity index (χ3n) is 6.75. The van der Waals surface area contributed by atoms with Gasteiger partial charge >= 0.3 is 6.18 Å². The van der Waals surface area contributed by atoms with Gasteiger partial charge < -0.3 is 16.4 Å². The Morgan fingerprint density at radius 2 is 1.97 bits per heavy atom. The molecule has 2 amide bonds. The number of carbonyl (C=O) groups is 2. The lowest BCUT2D eigenvalue weighted by Gasteiger charge is -2.27. The van der Waals surface area contributed by atoms with Gasteiger partial charge in [-0.05, 0) is 12.8 Å². The third-order valence-corrected chi connectivity index (χ3v) is 6.75. The number of nitrogens with one attached hydrogen (secondary N) is 2. The molecule has 4 N–H and O–H groups in total. The monoisotopic (exact) mass is 424 g/mol. The van der Waals surface area contributed by atoms with Gasteiger partial charge in [-0.25, -0.2) is 0 Å². The molecule has 30 heavy (non-hydrogen) atoms. The van der Waals surface area contributed by atoms with Crippen LogP contribution in [0.3, 0.4) is 0 Å². The van der Waals surface area contributed by atoms with E-state index in [-0.39, 0.29) is 24.3 Å². The fourth-order valence-corrected chi connectivity index (χ4v) is 5.08. The SMILES string of the molecule is N[C@@]12CN(C3CCCC3)C[C@@H]1[C@H]2C(=O)NCC(=O)NC1C=CC=C(C(F)(F)F)C=C1. The van der Waals surface area contributed by atoms with Crippen LogP contribution in [0.25, 0.3) is 0 Å². The maximum absolute atomic E-state index is 12.7. The second-order valence-electron chi connectivity index (χ2n) is 8.74. The highest BCUT2D eigenvalue weighted by Gasteiger charge is 2.70. The molecule has 4 aliphatic rings. The zero-order chi connectivity index (χ0) is 21.5. The highest BCUT2D eigenvalue weighted by atomic mass is 19.4. The predicted octanol–water partition coefficient (Wildman–Crippen LogP) is 1.40. The second-order valence-corrected chi connectivity index (χ2v) is 8.74. The molecule has 0 spiro atoms. The molecule has 0 radical (unpaired) electrons. The largest absolute Gasteiger partial charge is 0.416 e. The maximum atomic E-state index is 12.7. The number of hydrogen-bond acceptors (Lipinski definition) is 4. The summed E-state index contributed by atoms with van der Waals surface area (Å²) in [6.07, 6.45) is 6.31. The van der Waals surface area contributed by atoms with Crippen LogP contribution >= 0.6 is 0 Å². The highest BCUT2D eigenvalue weighted by molar-refractivity contribution is 5.89. The lowest BCUT2D eigenvalue weighted by Crippen LogP contribution is -2.46. The molecule has 0 aromatic rings. The van der Waals surface area contributed by atoms with Crippen LogP contribution in [-0.4, -0.2) is 60.1 Å². The fraction of sp³-hybridized carbons (Fsp3) is 0.619. The summed E-state index contributed by atoms with van der Waals surface area (Å²) in [4.78, 5) is 27.0. The zero-order valence-corrected chi connectivity index (χ0v) is 16.6. The van der Waals surface area contributed by atoms with Crippen molar-refractivity contribution in [2.24, 2.45) is 17.6 Å². The van der Waals surface area contributed by atoms with Gasteiger partial charge in [0, 0.05) is 30.6 Å². The summed E-state index contributed by atoms with van der Waals surface area (Å²) in [5.41, 5.74) is 5.16. The molecule has 6 nitrogen and oxygen atoms in total. The minimum atomic E-state index is -4.44. The summed E-state index contributed by atoms with van der Waals surface area (Å²) in [5.74, 6) is -0.848. The molecule has 1 aliphatic heterocycles. The van der Waals surface area contributed by atoms with Crippen molar-refractivity contribution >= 4 is 11.8 Å². The van der Waals surface area contributed by atoms with Crippen molar-refractivity contribution < 1.29 is 22.8 Å². The van der Waals surface area contributed by atoms with Crippen LogP contribution in [0, 0.1) is 11.8 Å². The van der Waals surface area contributed by atoms with Crippen molar-refractivity contribution in [3.8, 4) is 0 Å². The Kier molecular flexibility index (Phi) is 5.52. The van der Waals surface area contributed by atoms with Crippen LogP contribution in [0.2, 0.25) is 0 Å². The van der Waals surface area contributed by atoms with Crippen LogP contribution in [0.5, 0.6) is 0 Å². The molecule has 9 heteroatoms. The third kappa shape index (κ3) is 4.18. The highest BCUT2D eigenvalue weighted by Crippen LogP contribution is 2.54. The predicted molar refractivity (Wildman–Crippen MR) is 105 cm³/mol. The van der Waals surface area contributed by atoms with Gasteiger partial charge in [0.25, 0.3) is 0 Å². The van der Waals surface area contributed by atoms with Crippen molar-refractivity contribution in [1.82, 2.24) is 15.5 Å². The van der Waals surface area contributed by atoms with Gasteiger partial charge in [0.2, 0.25) is 11.8 Å². The Balaban J connectivity index is 1.21. The van der Waals surface area contributed by atoms with Gasteiger partial charge in [-0.3, -0.25) is 14.5 Å². The lowest BCUT2D eigenvalue weighted by molar-refractivity contribution is -0.127. The van der Waals surface area contributed by atoms with Gasteiger partial charge in [-0.15, -0.1) is 0 Å². The fourth-order valence-electron chi connectivity index (χ4n) is 5.08. The number of alkyl halides is 3. The number of rotatable bonds is 5. The van der Waals surface area contributed by atoms with E-state index in [0.717, 1.165) is 25.2 Å². The van der Waals surface area contributed by atoms with Crippen molar-refractivity contribution in [1.29, 1.82) is 0 Å². The first-order valence-corrected chi connectivity index (χ1v) is 10.4. The van der Waals surface area contributed by atoms with Gasteiger partial charge in [0.15, 0.2) is 0 Å².